The molecule has 28 heavy (non-hydrogen) atoms. The van der Waals surface area contributed by atoms with Crippen LogP contribution in [0.15, 0.2) is 49.1 Å². The zero-order chi connectivity index (χ0) is 19.3. The molecule has 3 aromatic heterocycles. The van der Waals surface area contributed by atoms with Gasteiger partial charge in [0.2, 0.25) is 5.95 Å². The molecule has 5 rings (SSSR count). The molecule has 1 aliphatic rings. The molecule has 0 spiro atoms. The lowest BCUT2D eigenvalue weighted by Gasteiger charge is -2.21. The summed E-state index contributed by atoms with van der Waals surface area (Å²) in [6.45, 7) is 2.38. The number of imidazole rings is 1. The summed E-state index contributed by atoms with van der Waals surface area (Å²) in [5, 5.41) is 0. The molecule has 1 aliphatic heterocycles. The van der Waals surface area contributed by atoms with E-state index in [4.69, 9.17) is 5.73 Å². The number of benzene rings is 1. The van der Waals surface area contributed by atoms with Crippen LogP contribution in [-0.2, 0) is 6.54 Å². The van der Waals surface area contributed by atoms with Gasteiger partial charge >= 0.3 is 0 Å². The van der Waals surface area contributed by atoms with Crippen LogP contribution in [0.3, 0.4) is 0 Å². The predicted octanol–water partition coefficient (Wildman–Crippen LogP) is 2.71. The van der Waals surface area contributed by atoms with Crippen molar-refractivity contribution in [2.24, 2.45) is 0 Å². The Labute approximate surface area is 160 Å². The van der Waals surface area contributed by atoms with Crippen LogP contribution < -0.4 is 5.73 Å². The van der Waals surface area contributed by atoms with Gasteiger partial charge in [-0.3, -0.25) is 9.78 Å². The number of hydrogen-bond donors (Lipinski definition) is 2. The second kappa shape index (κ2) is 6.12. The number of aromatic amines is 1. The second-order valence-corrected chi connectivity index (χ2v) is 6.77. The van der Waals surface area contributed by atoms with E-state index in [-0.39, 0.29) is 17.9 Å². The summed E-state index contributed by atoms with van der Waals surface area (Å²) in [5.41, 5.74) is 11.6. The molecular formula is C20H17N7O. The van der Waals surface area contributed by atoms with Crippen LogP contribution in [0, 0.1) is 0 Å². The van der Waals surface area contributed by atoms with Gasteiger partial charge in [-0.1, -0.05) is 0 Å². The number of anilines is 1. The Hall–Kier alpha value is -3.81. The zero-order valence-corrected chi connectivity index (χ0v) is 15.1. The topological polar surface area (TPSA) is 114 Å². The molecule has 0 saturated carbocycles. The van der Waals surface area contributed by atoms with E-state index in [1.165, 1.54) is 0 Å². The number of carbonyl (C=O) groups is 1. The molecule has 0 bridgehead atoms. The number of nitrogens with zero attached hydrogens (tertiary/aromatic N) is 5. The highest BCUT2D eigenvalue weighted by molar-refractivity contribution is 5.98. The van der Waals surface area contributed by atoms with Crippen LogP contribution in [-0.4, -0.2) is 35.7 Å². The number of aromatic nitrogens is 5. The van der Waals surface area contributed by atoms with Gasteiger partial charge in [0.05, 0.1) is 41.3 Å². The first-order valence-electron chi connectivity index (χ1n) is 8.92. The van der Waals surface area contributed by atoms with Crippen molar-refractivity contribution in [1.82, 2.24) is 29.8 Å². The molecule has 138 valence electrons. The van der Waals surface area contributed by atoms with Crippen LogP contribution in [0.1, 0.15) is 34.6 Å². The van der Waals surface area contributed by atoms with Gasteiger partial charge in [-0.05, 0) is 37.3 Å². The minimum Gasteiger partial charge on any atom is -0.368 e. The number of carbonyl (C=O) groups excluding carboxylic acids is 1. The lowest BCUT2D eigenvalue weighted by atomic mass is 10.1. The van der Waals surface area contributed by atoms with Gasteiger partial charge in [-0.2, -0.15) is 0 Å². The van der Waals surface area contributed by atoms with Crippen LogP contribution in [0.2, 0.25) is 0 Å². The highest BCUT2D eigenvalue weighted by Gasteiger charge is 2.35. The largest absolute Gasteiger partial charge is 0.368 e. The zero-order valence-electron chi connectivity index (χ0n) is 15.1. The third-order valence-electron chi connectivity index (χ3n) is 5.13. The van der Waals surface area contributed by atoms with Gasteiger partial charge in [-0.15, -0.1) is 0 Å². The van der Waals surface area contributed by atoms with Crippen molar-refractivity contribution in [3.8, 4) is 11.3 Å². The molecule has 3 N–H and O–H groups in total. The fourth-order valence-electron chi connectivity index (χ4n) is 3.71. The highest BCUT2D eigenvalue weighted by Crippen LogP contribution is 2.38. The van der Waals surface area contributed by atoms with Crippen molar-refractivity contribution in [2.75, 3.05) is 5.73 Å². The Morgan fingerprint density at radius 3 is 2.86 bits per heavy atom. The molecule has 1 atom stereocenters. The van der Waals surface area contributed by atoms with E-state index < -0.39 is 0 Å². The normalized spacial score (nSPS) is 15.8. The van der Waals surface area contributed by atoms with E-state index in [0.29, 0.717) is 12.1 Å². The number of amides is 1. The summed E-state index contributed by atoms with van der Waals surface area (Å²) in [5.74, 6) is 0.131. The van der Waals surface area contributed by atoms with E-state index >= 15 is 0 Å². The lowest BCUT2D eigenvalue weighted by Crippen LogP contribution is -2.28. The fourth-order valence-corrected chi connectivity index (χ4v) is 3.71. The maximum atomic E-state index is 13.2. The minimum atomic E-state index is -0.203. The monoisotopic (exact) mass is 371 g/mol. The average Bonchev–Trinajstić information content (AvgIpc) is 3.32. The Kier molecular flexibility index (Phi) is 3.58. The predicted molar refractivity (Wildman–Crippen MR) is 104 cm³/mol. The van der Waals surface area contributed by atoms with Crippen LogP contribution in [0.25, 0.3) is 22.3 Å². The van der Waals surface area contributed by atoms with Crippen molar-refractivity contribution in [2.45, 2.75) is 19.5 Å². The van der Waals surface area contributed by atoms with Gasteiger partial charge in [-0.25, -0.2) is 15.0 Å². The third-order valence-corrected chi connectivity index (χ3v) is 5.13. The summed E-state index contributed by atoms with van der Waals surface area (Å²) in [6, 6.07) is 9.01. The Bertz CT molecular complexity index is 1200. The first kappa shape index (κ1) is 16.4. The Balaban J connectivity index is 1.55. The molecule has 4 heterocycles. The molecule has 0 aliphatic carbocycles. The van der Waals surface area contributed by atoms with E-state index in [9.17, 15) is 4.79 Å². The standard InChI is InChI=1S/C20H17N7O/c1-11-17-14(18(26-20(21)25-17)12-4-6-22-7-5-12)9-27(11)19(28)13-2-3-15-16(8-13)24-10-23-15/h2-8,10-11H,9H2,1H3,(H,23,24)(H2,21,25,26)/t11-/m0/s1. The quantitative estimate of drug-likeness (QED) is 0.560. The van der Waals surface area contributed by atoms with Crippen molar-refractivity contribution < 1.29 is 4.79 Å². The van der Waals surface area contributed by atoms with E-state index in [2.05, 4.69) is 24.9 Å². The van der Waals surface area contributed by atoms with E-state index in [1.54, 1.807) is 29.7 Å². The van der Waals surface area contributed by atoms with Crippen LogP contribution in [0.4, 0.5) is 5.95 Å². The third kappa shape index (κ3) is 2.50. The summed E-state index contributed by atoms with van der Waals surface area (Å²) >= 11 is 0. The summed E-state index contributed by atoms with van der Waals surface area (Å²) in [4.78, 5) is 35.2. The van der Waals surface area contributed by atoms with Crippen molar-refractivity contribution in [3.63, 3.8) is 0 Å². The van der Waals surface area contributed by atoms with E-state index in [1.807, 2.05) is 31.2 Å². The summed E-state index contributed by atoms with van der Waals surface area (Å²) < 4.78 is 0. The fraction of sp³-hybridized carbons (Fsp3) is 0.150. The van der Waals surface area contributed by atoms with Gasteiger partial charge in [0, 0.05) is 29.1 Å². The second-order valence-electron chi connectivity index (χ2n) is 6.77. The number of pyridine rings is 1. The maximum absolute atomic E-state index is 13.2. The first-order chi connectivity index (χ1) is 13.6. The molecule has 0 fully saturated rings. The molecular weight excluding hydrogens is 354 g/mol. The van der Waals surface area contributed by atoms with Gasteiger partial charge in [0.25, 0.3) is 5.91 Å². The molecule has 0 radical (unpaired) electrons. The van der Waals surface area contributed by atoms with Gasteiger partial charge in [0.15, 0.2) is 0 Å². The Morgan fingerprint density at radius 2 is 2.04 bits per heavy atom. The van der Waals surface area contributed by atoms with Crippen molar-refractivity contribution >= 4 is 22.9 Å². The number of hydrogen-bond acceptors (Lipinski definition) is 6. The minimum absolute atomic E-state index is 0.0683. The number of nitrogens with one attached hydrogen (secondary N) is 1. The number of fused-ring (bicyclic) bond motifs is 2. The number of nitrogen functional groups attached to an aromatic ring is 1. The van der Waals surface area contributed by atoms with Crippen molar-refractivity contribution in [3.05, 3.63) is 65.9 Å². The molecule has 1 amide bonds. The summed E-state index contributed by atoms with van der Waals surface area (Å²) in [7, 11) is 0. The van der Waals surface area contributed by atoms with Crippen LogP contribution in [0.5, 0.6) is 0 Å². The van der Waals surface area contributed by atoms with Gasteiger partial charge < -0.3 is 15.6 Å². The number of nitrogens with two attached hydrogens (primary N) is 1. The smallest absolute Gasteiger partial charge is 0.254 e. The molecule has 4 aromatic rings. The maximum Gasteiger partial charge on any atom is 0.254 e. The molecule has 8 nitrogen and oxygen atoms in total. The van der Waals surface area contributed by atoms with Gasteiger partial charge in [0.1, 0.15) is 0 Å². The number of rotatable bonds is 2. The van der Waals surface area contributed by atoms with E-state index in [0.717, 1.165) is 33.5 Å². The molecule has 1 aromatic carbocycles. The van der Waals surface area contributed by atoms with Crippen molar-refractivity contribution in [1.29, 1.82) is 0 Å². The molecule has 0 unspecified atom stereocenters. The molecule has 0 saturated heterocycles. The Morgan fingerprint density at radius 1 is 1.21 bits per heavy atom. The van der Waals surface area contributed by atoms with Crippen LogP contribution >= 0.6 is 0 Å². The number of H-pyrrole nitrogens is 1. The average molecular weight is 371 g/mol. The summed E-state index contributed by atoms with van der Waals surface area (Å²) in [6.07, 6.45) is 5.04. The lowest BCUT2D eigenvalue weighted by molar-refractivity contribution is 0.0703. The molecule has 8 heteroatoms. The highest BCUT2D eigenvalue weighted by atomic mass is 16.2. The first-order valence-corrected chi connectivity index (χ1v) is 8.92. The SMILES string of the molecule is C[C@H]1c2nc(N)nc(-c3ccncc3)c2CN1C(=O)c1ccc2nc[nH]c2c1.